The number of amides is 1. The largest absolute Gasteiger partial charge is 0.369 e. The smallest absolute Gasteiger partial charge is 0.221 e. The Labute approximate surface area is 143 Å². The van der Waals surface area contributed by atoms with Crippen LogP contribution in [0.3, 0.4) is 0 Å². The van der Waals surface area contributed by atoms with Gasteiger partial charge in [-0.3, -0.25) is 4.79 Å². The number of halogens is 2. The van der Waals surface area contributed by atoms with Gasteiger partial charge in [0, 0.05) is 18.9 Å². The highest BCUT2D eigenvalue weighted by molar-refractivity contribution is 5.89. The highest BCUT2D eigenvalue weighted by Gasteiger charge is 2.07. The van der Waals surface area contributed by atoms with Crippen LogP contribution >= 0.6 is 0 Å². The van der Waals surface area contributed by atoms with Gasteiger partial charge in [0.15, 0.2) is 0 Å². The van der Waals surface area contributed by atoms with Crippen molar-refractivity contribution in [3.63, 3.8) is 0 Å². The first-order valence-electron chi connectivity index (χ1n) is 7.73. The van der Waals surface area contributed by atoms with Gasteiger partial charge in [0.25, 0.3) is 0 Å². The van der Waals surface area contributed by atoms with E-state index in [9.17, 15) is 13.6 Å². The number of anilines is 2. The number of carbonyl (C=O) groups excluding carboxylic acids is 1. The Morgan fingerprint density at radius 2 is 1.96 bits per heavy atom. The van der Waals surface area contributed by atoms with E-state index in [0.29, 0.717) is 29.7 Å². The molecule has 1 amide bonds. The summed E-state index contributed by atoms with van der Waals surface area (Å²) in [6, 6.07) is 8.96. The molecule has 25 heavy (non-hydrogen) atoms. The first kappa shape index (κ1) is 16.8. The summed E-state index contributed by atoms with van der Waals surface area (Å²) in [7, 11) is 0. The van der Waals surface area contributed by atoms with Crippen LogP contribution in [0.5, 0.6) is 0 Å². The van der Waals surface area contributed by atoms with Crippen molar-refractivity contribution in [1.29, 1.82) is 0 Å². The zero-order valence-electron chi connectivity index (χ0n) is 13.5. The van der Waals surface area contributed by atoms with Crippen LogP contribution in [-0.2, 0) is 11.2 Å². The summed E-state index contributed by atoms with van der Waals surface area (Å²) in [4.78, 5) is 19.2. The summed E-state index contributed by atoms with van der Waals surface area (Å²) in [5, 5.41) is 6.14. The predicted molar refractivity (Wildman–Crippen MR) is 92.4 cm³/mol. The van der Waals surface area contributed by atoms with E-state index in [1.807, 2.05) is 0 Å². The molecule has 2 aromatic carbocycles. The molecule has 0 aliphatic heterocycles. The SMILES string of the molecule is CC(=O)Nc1ccc(CCNc2ncnc3ccc(F)cc23)cc1F. The first-order valence-corrected chi connectivity index (χ1v) is 7.73. The lowest BCUT2D eigenvalue weighted by molar-refractivity contribution is -0.114. The van der Waals surface area contributed by atoms with Crippen LogP contribution in [0.25, 0.3) is 10.9 Å². The lowest BCUT2D eigenvalue weighted by Gasteiger charge is -2.09. The number of aromatic nitrogens is 2. The Morgan fingerprint density at radius 1 is 1.12 bits per heavy atom. The minimum Gasteiger partial charge on any atom is -0.369 e. The van der Waals surface area contributed by atoms with E-state index in [-0.39, 0.29) is 17.4 Å². The maximum absolute atomic E-state index is 13.9. The van der Waals surface area contributed by atoms with Crippen LogP contribution in [0.2, 0.25) is 0 Å². The summed E-state index contributed by atoms with van der Waals surface area (Å²) in [5.74, 6) is -0.640. The average Bonchev–Trinajstić information content (AvgIpc) is 2.57. The van der Waals surface area contributed by atoms with Gasteiger partial charge < -0.3 is 10.6 Å². The molecule has 1 heterocycles. The summed E-state index contributed by atoms with van der Waals surface area (Å²) in [6.07, 6.45) is 1.95. The molecule has 3 aromatic rings. The molecule has 0 radical (unpaired) electrons. The molecule has 0 fully saturated rings. The normalized spacial score (nSPS) is 10.7. The molecule has 0 aliphatic rings. The summed E-state index contributed by atoms with van der Waals surface area (Å²) in [6.45, 7) is 1.81. The Morgan fingerprint density at radius 3 is 2.72 bits per heavy atom. The minimum absolute atomic E-state index is 0.154. The maximum Gasteiger partial charge on any atom is 0.221 e. The van der Waals surface area contributed by atoms with Crippen LogP contribution < -0.4 is 10.6 Å². The van der Waals surface area contributed by atoms with Crippen molar-refractivity contribution in [3.05, 3.63) is 59.9 Å². The molecule has 0 spiro atoms. The van der Waals surface area contributed by atoms with E-state index < -0.39 is 5.82 Å². The maximum atomic E-state index is 13.9. The van der Waals surface area contributed by atoms with Gasteiger partial charge in [0.2, 0.25) is 5.91 Å². The number of rotatable bonds is 5. The van der Waals surface area contributed by atoms with Crippen LogP contribution in [0.4, 0.5) is 20.3 Å². The van der Waals surface area contributed by atoms with E-state index in [4.69, 9.17) is 0 Å². The third-order valence-corrected chi connectivity index (χ3v) is 3.65. The van der Waals surface area contributed by atoms with Gasteiger partial charge in [-0.2, -0.15) is 0 Å². The topological polar surface area (TPSA) is 66.9 Å². The molecule has 7 heteroatoms. The fourth-order valence-electron chi connectivity index (χ4n) is 2.50. The van der Waals surface area contributed by atoms with Crippen molar-refractivity contribution >= 4 is 28.3 Å². The van der Waals surface area contributed by atoms with Crippen molar-refractivity contribution in [2.75, 3.05) is 17.2 Å². The minimum atomic E-state index is -0.484. The van der Waals surface area contributed by atoms with Crippen LogP contribution in [0.1, 0.15) is 12.5 Å². The predicted octanol–water partition coefficient (Wildman–Crippen LogP) is 3.52. The number of hydrogen-bond donors (Lipinski definition) is 2. The molecule has 0 saturated heterocycles. The molecular formula is C18H16F2N4O. The van der Waals surface area contributed by atoms with Crippen molar-refractivity contribution in [2.24, 2.45) is 0 Å². The number of carbonyl (C=O) groups is 1. The van der Waals surface area contributed by atoms with Gasteiger partial charge in [-0.1, -0.05) is 6.07 Å². The highest BCUT2D eigenvalue weighted by atomic mass is 19.1. The van der Waals surface area contributed by atoms with E-state index in [1.54, 1.807) is 12.1 Å². The third kappa shape index (κ3) is 4.06. The van der Waals surface area contributed by atoms with E-state index in [2.05, 4.69) is 20.6 Å². The summed E-state index contributed by atoms with van der Waals surface area (Å²) in [5.41, 5.74) is 1.56. The summed E-state index contributed by atoms with van der Waals surface area (Å²) >= 11 is 0. The second-order valence-corrected chi connectivity index (χ2v) is 5.56. The number of nitrogens with one attached hydrogen (secondary N) is 2. The number of hydrogen-bond acceptors (Lipinski definition) is 4. The lowest BCUT2D eigenvalue weighted by Crippen LogP contribution is -2.09. The third-order valence-electron chi connectivity index (χ3n) is 3.65. The molecule has 128 valence electrons. The van der Waals surface area contributed by atoms with E-state index in [0.717, 1.165) is 5.56 Å². The van der Waals surface area contributed by atoms with Crippen molar-refractivity contribution < 1.29 is 13.6 Å². The lowest BCUT2D eigenvalue weighted by atomic mass is 10.1. The highest BCUT2D eigenvalue weighted by Crippen LogP contribution is 2.20. The zero-order valence-corrected chi connectivity index (χ0v) is 13.5. The van der Waals surface area contributed by atoms with Gasteiger partial charge >= 0.3 is 0 Å². The molecule has 0 bridgehead atoms. The molecule has 5 nitrogen and oxygen atoms in total. The molecule has 0 saturated carbocycles. The average molecular weight is 342 g/mol. The standard InChI is InChI=1S/C18H16F2N4O/c1-11(25)24-17-4-2-12(8-15(17)20)6-7-21-18-14-9-13(19)3-5-16(14)22-10-23-18/h2-5,8-10H,6-7H2,1H3,(H,24,25)(H,21,22,23). The molecule has 0 unspecified atom stereocenters. The van der Waals surface area contributed by atoms with Crippen LogP contribution in [-0.4, -0.2) is 22.4 Å². The first-order chi connectivity index (χ1) is 12.0. The van der Waals surface area contributed by atoms with E-state index in [1.165, 1.54) is 37.5 Å². The Balaban J connectivity index is 1.68. The van der Waals surface area contributed by atoms with Crippen molar-refractivity contribution in [1.82, 2.24) is 9.97 Å². The Hall–Kier alpha value is -3.09. The van der Waals surface area contributed by atoms with Gasteiger partial charge in [0.1, 0.15) is 23.8 Å². The number of fused-ring (bicyclic) bond motifs is 1. The molecule has 0 atom stereocenters. The fourth-order valence-corrected chi connectivity index (χ4v) is 2.50. The van der Waals surface area contributed by atoms with E-state index >= 15 is 0 Å². The molecule has 3 rings (SSSR count). The number of nitrogens with zero attached hydrogens (tertiary/aromatic N) is 2. The van der Waals surface area contributed by atoms with Crippen LogP contribution in [0.15, 0.2) is 42.7 Å². The van der Waals surface area contributed by atoms with Gasteiger partial charge in [-0.05, 0) is 42.3 Å². The second kappa shape index (κ2) is 7.21. The Kier molecular flexibility index (Phi) is 4.83. The molecule has 1 aromatic heterocycles. The quantitative estimate of drug-likeness (QED) is 0.744. The summed E-state index contributed by atoms with van der Waals surface area (Å²) < 4.78 is 27.3. The number of benzene rings is 2. The van der Waals surface area contributed by atoms with Gasteiger partial charge in [0.05, 0.1) is 11.2 Å². The van der Waals surface area contributed by atoms with Crippen molar-refractivity contribution in [2.45, 2.75) is 13.3 Å². The van der Waals surface area contributed by atoms with Gasteiger partial charge in [-0.15, -0.1) is 0 Å². The molecule has 2 N–H and O–H groups in total. The second-order valence-electron chi connectivity index (χ2n) is 5.56. The van der Waals surface area contributed by atoms with Gasteiger partial charge in [-0.25, -0.2) is 18.7 Å². The fraction of sp³-hybridized carbons (Fsp3) is 0.167. The monoisotopic (exact) mass is 342 g/mol. The molecule has 0 aliphatic carbocycles. The zero-order chi connectivity index (χ0) is 17.8. The van der Waals surface area contributed by atoms with Crippen LogP contribution in [0, 0.1) is 11.6 Å². The Bertz CT molecular complexity index is 930. The molecular weight excluding hydrogens is 326 g/mol. The van der Waals surface area contributed by atoms with Crippen molar-refractivity contribution in [3.8, 4) is 0 Å².